The molecule has 3 saturated carbocycles. The Bertz CT molecular complexity index is 1310. The molecule has 1 aliphatic heterocycles. The molecule has 0 unspecified atom stereocenters. The van der Waals surface area contributed by atoms with Crippen LogP contribution in [-0.2, 0) is 20.8 Å². The summed E-state index contributed by atoms with van der Waals surface area (Å²) in [4.78, 5) is 12.0. The highest BCUT2D eigenvalue weighted by Gasteiger charge is 2.45. The van der Waals surface area contributed by atoms with Crippen molar-refractivity contribution < 1.29 is 49.4 Å². The number of nitriles is 1. The van der Waals surface area contributed by atoms with Gasteiger partial charge in [0.1, 0.15) is 5.54 Å². The molecule has 246 valence electrons. The molecule has 44 heavy (non-hydrogen) atoms. The summed E-state index contributed by atoms with van der Waals surface area (Å²) < 4.78 is 112. The first-order valence-electron chi connectivity index (χ1n) is 14.6. The van der Waals surface area contributed by atoms with E-state index in [1.807, 2.05) is 6.07 Å². The molecular weight excluding hydrogens is 618 g/mol. The summed E-state index contributed by atoms with van der Waals surface area (Å²) in [6.45, 7) is -0.750. The molecule has 1 aromatic rings. The molecule has 5 rings (SSSR count). The van der Waals surface area contributed by atoms with E-state index < -0.39 is 56.1 Å². The molecule has 16 heteroatoms. The summed E-state index contributed by atoms with van der Waals surface area (Å²) in [5, 5.41) is 17.7. The number of nitrogens with one attached hydrogen (secondary N) is 1. The van der Waals surface area contributed by atoms with Crippen LogP contribution in [0.3, 0.4) is 0 Å². The summed E-state index contributed by atoms with van der Waals surface area (Å²) in [5.41, 5.74) is -1.81. The summed E-state index contributed by atoms with van der Waals surface area (Å²) in [5.74, 6) is 0. The number of sulfone groups is 1. The van der Waals surface area contributed by atoms with Gasteiger partial charge in [0.15, 0.2) is 9.84 Å². The first-order valence-corrected chi connectivity index (χ1v) is 16.1. The Morgan fingerprint density at radius 3 is 2.16 bits per heavy atom. The molecule has 2 atom stereocenters. The lowest BCUT2D eigenvalue weighted by Gasteiger charge is -2.36. The average molecular weight is 655 g/mol. The molecule has 4 fully saturated rings. The van der Waals surface area contributed by atoms with E-state index in [2.05, 4.69) is 5.32 Å². The van der Waals surface area contributed by atoms with E-state index in [0.717, 1.165) is 37.8 Å². The topological polar surface area (TPSA) is 123 Å². The van der Waals surface area contributed by atoms with Crippen molar-refractivity contribution in [1.29, 1.82) is 5.26 Å². The van der Waals surface area contributed by atoms with Crippen LogP contribution in [0.25, 0.3) is 0 Å². The number of alkyl halides is 6. The Labute approximate surface area is 252 Å². The van der Waals surface area contributed by atoms with Crippen LogP contribution in [0.1, 0.15) is 63.4 Å². The van der Waals surface area contributed by atoms with E-state index in [0.29, 0.717) is 19.3 Å². The van der Waals surface area contributed by atoms with E-state index in [-0.39, 0.29) is 56.9 Å². The van der Waals surface area contributed by atoms with Gasteiger partial charge in [-0.2, -0.15) is 31.6 Å². The fourth-order valence-corrected chi connectivity index (χ4v) is 7.99. The Balaban J connectivity index is 0.000000421. The average Bonchev–Trinajstić information content (AvgIpc) is 3.28. The number of anilines is 1. The zero-order valence-electron chi connectivity index (χ0n) is 24.0. The quantitative estimate of drug-likeness (QED) is 0.378. The Hall–Kier alpha value is -2.77. The SMILES string of the molecule is N#CC1(NC(=O)O)CC1.O=S(=O)(c1ccc(N2CCN(CC(F)(F)F)CC2)cc1C(F)(F)F)[C@@H]1CC[C@@H](OC2CCCC2)C1. The largest absolute Gasteiger partial charge is 0.465 e. The third-order valence-corrected chi connectivity index (χ3v) is 10.8. The van der Waals surface area contributed by atoms with Gasteiger partial charge < -0.3 is 20.1 Å². The minimum Gasteiger partial charge on any atom is -0.465 e. The fraction of sp³-hybridized carbons (Fsp3) is 0.714. The van der Waals surface area contributed by atoms with Crippen molar-refractivity contribution in [3.05, 3.63) is 23.8 Å². The van der Waals surface area contributed by atoms with Gasteiger partial charge in [0, 0.05) is 31.9 Å². The monoisotopic (exact) mass is 654 g/mol. The Kier molecular flexibility index (Phi) is 10.3. The number of nitrogens with zero attached hydrogens (tertiary/aromatic N) is 3. The maximum Gasteiger partial charge on any atom is 0.417 e. The lowest BCUT2D eigenvalue weighted by molar-refractivity contribution is -0.146. The van der Waals surface area contributed by atoms with E-state index in [9.17, 15) is 39.6 Å². The predicted octanol–water partition coefficient (Wildman–Crippen LogP) is 5.35. The lowest BCUT2D eigenvalue weighted by atomic mass is 10.1. The van der Waals surface area contributed by atoms with Crippen molar-refractivity contribution in [2.75, 3.05) is 37.6 Å². The number of hydrogen-bond acceptors (Lipinski definition) is 7. The summed E-state index contributed by atoms with van der Waals surface area (Å²) >= 11 is 0. The van der Waals surface area contributed by atoms with Gasteiger partial charge in [0.05, 0.1) is 40.5 Å². The van der Waals surface area contributed by atoms with Gasteiger partial charge >= 0.3 is 18.4 Å². The van der Waals surface area contributed by atoms with Crippen LogP contribution in [0, 0.1) is 11.3 Å². The maximum atomic E-state index is 14.0. The summed E-state index contributed by atoms with van der Waals surface area (Å²) in [6.07, 6.45) is -4.30. The van der Waals surface area contributed by atoms with Crippen molar-refractivity contribution >= 4 is 21.6 Å². The van der Waals surface area contributed by atoms with Crippen molar-refractivity contribution in [2.45, 2.75) is 98.0 Å². The van der Waals surface area contributed by atoms with Crippen LogP contribution < -0.4 is 10.2 Å². The third-order valence-electron chi connectivity index (χ3n) is 8.49. The molecule has 4 aliphatic rings. The van der Waals surface area contributed by atoms with Gasteiger partial charge in [-0.3, -0.25) is 4.90 Å². The second kappa shape index (κ2) is 13.3. The van der Waals surface area contributed by atoms with Gasteiger partial charge in [-0.05, 0) is 63.1 Å². The van der Waals surface area contributed by atoms with E-state index in [1.54, 1.807) is 4.90 Å². The van der Waals surface area contributed by atoms with Crippen LogP contribution in [0.2, 0.25) is 0 Å². The molecule has 0 bridgehead atoms. The minimum absolute atomic E-state index is 0.0470. The number of rotatable bonds is 7. The van der Waals surface area contributed by atoms with E-state index >= 15 is 0 Å². The van der Waals surface area contributed by atoms with Crippen LogP contribution in [0.5, 0.6) is 0 Å². The molecule has 1 saturated heterocycles. The zero-order valence-corrected chi connectivity index (χ0v) is 24.8. The third kappa shape index (κ3) is 8.91. The summed E-state index contributed by atoms with van der Waals surface area (Å²) in [6, 6.07) is 5.03. The molecule has 0 aromatic heterocycles. The number of hydrogen-bond donors (Lipinski definition) is 2. The van der Waals surface area contributed by atoms with E-state index in [4.69, 9.17) is 15.1 Å². The number of carboxylic acid groups (broad SMARTS) is 1. The zero-order chi connectivity index (χ0) is 32.3. The maximum absolute atomic E-state index is 14.0. The van der Waals surface area contributed by atoms with Crippen molar-refractivity contribution in [3.63, 3.8) is 0 Å². The summed E-state index contributed by atoms with van der Waals surface area (Å²) in [7, 11) is -4.25. The van der Waals surface area contributed by atoms with Gasteiger partial charge in [0.25, 0.3) is 0 Å². The van der Waals surface area contributed by atoms with Gasteiger partial charge in [-0.15, -0.1) is 0 Å². The molecule has 3 aliphatic carbocycles. The van der Waals surface area contributed by atoms with E-state index in [1.165, 1.54) is 11.0 Å². The number of halogens is 6. The van der Waals surface area contributed by atoms with Crippen molar-refractivity contribution in [3.8, 4) is 6.07 Å². The van der Waals surface area contributed by atoms with Crippen LogP contribution in [0.4, 0.5) is 36.8 Å². The Morgan fingerprint density at radius 2 is 1.66 bits per heavy atom. The highest BCUT2D eigenvalue weighted by Crippen LogP contribution is 2.41. The normalized spacial score (nSPS) is 24.3. The highest BCUT2D eigenvalue weighted by molar-refractivity contribution is 7.92. The number of ether oxygens (including phenoxy) is 1. The highest BCUT2D eigenvalue weighted by atomic mass is 32.2. The fourth-order valence-electron chi connectivity index (χ4n) is 5.98. The molecular formula is C28H36F6N4O5S. The van der Waals surface area contributed by atoms with Gasteiger partial charge in [0.2, 0.25) is 0 Å². The van der Waals surface area contributed by atoms with Gasteiger partial charge in [-0.25, -0.2) is 13.2 Å². The number of piperazine rings is 1. The standard InChI is InChI=1S/C23H30F6N2O3S.C5H6N2O2/c24-22(25,26)15-30-9-11-31(12-10-30)16-5-8-21(20(13-16)23(27,28)29)35(32,33)19-7-6-18(14-19)34-17-3-1-2-4-17;6-3-5(1-2-5)7-4(8)9/h5,8,13,17-19H,1-4,6-7,9-12,14-15H2;7H,1-2H2,(H,8,9)/t18-,19-;/m1./s1. The smallest absolute Gasteiger partial charge is 0.417 e. The number of benzene rings is 1. The first-order chi connectivity index (χ1) is 20.5. The van der Waals surface area contributed by atoms with Crippen LogP contribution in [-0.4, -0.2) is 86.4 Å². The Morgan fingerprint density at radius 1 is 1.02 bits per heavy atom. The second-order valence-corrected chi connectivity index (χ2v) is 14.0. The molecule has 9 nitrogen and oxygen atoms in total. The molecule has 0 spiro atoms. The van der Waals surface area contributed by atoms with Gasteiger partial charge in [-0.1, -0.05) is 12.8 Å². The van der Waals surface area contributed by atoms with Crippen molar-refractivity contribution in [2.24, 2.45) is 0 Å². The number of carbonyl (C=O) groups is 1. The first kappa shape index (κ1) is 34.1. The van der Waals surface area contributed by atoms with Crippen LogP contribution >= 0.6 is 0 Å². The molecule has 1 aromatic carbocycles. The number of amides is 1. The predicted molar refractivity (Wildman–Crippen MR) is 147 cm³/mol. The minimum atomic E-state index is -4.89. The van der Waals surface area contributed by atoms with Crippen LogP contribution in [0.15, 0.2) is 23.1 Å². The molecule has 1 amide bonds. The lowest BCUT2D eigenvalue weighted by Crippen LogP contribution is -2.49. The van der Waals surface area contributed by atoms with Crippen molar-refractivity contribution in [1.82, 2.24) is 10.2 Å². The molecule has 1 heterocycles. The molecule has 0 radical (unpaired) electrons. The molecule has 2 N–H and O–H groups in total. The second-order valence-electron chi connectivity index (χ2n) is 11.8.